The molecule has 3 aromatic rings. The van der Waals surface area contributed by atoms with Crippen LogP contribution in [0.2, 0.25) is 0 Å². The maximum Gasteiger partial charge on any atom is 0.337 e. The van der Waals surface area contributed by atoms with Gasteiger partial charge in [0.25, 0.3) is 0 Å². The number of aliphatic imine (C=N–C) groups is 1. The van der Waals surface area contributed by atoms with Crippen LogP contribution in [-0.4, -0.2) is 32.8 Å². The highest BCUT2D eigenvalue weighted by molar-refractivity contribution is 5.98. The van der Waals surface area contributed by atoms with Gasteiger partial charge in [-0.3, -0.25) is 9.79 Å². The third-order valence-electron chi connectivity index (χ3n) is 5.26. The zero-order valence-corrected chi connectivity index (χ0v) is 18.2. The Bertz CT molecular complexity index is 1260. The van der Waals surface area contributed by atoms with Gasteiger partial charge in [-0.05, 0) is 53.1 Å². The monoisotopic (exact) mass is 442 g/mol. The predicted molar refractivity (Wildman–Crippen MR) is 126 cm³/mol. The number of allylic oxidation sites excluding steroid dienone is 1. The standard InChI is InChI=1S/C26H22N2O5/c1-31-19-8-9-23(28-16-29)24(14-19)27-12-11-21-20-6-4-3-5-18(20)15-33-25-10-7-17(13-22(21)25)26(30)32-2/h3-14,16H,15H2,1-2H3,(H,28,29)/b21-11+,27-12?. The van der Waals surface area contributed by atoms with E-state index in [2.05, 4.69) is 10.3 Å². The van der Waals surface area contributed by atoms with Gasteiger partial charge < -0.3 is 19.5 Å². The smallest absolute Gasteiger partial charge is 0.337 e. The van der Waals surface area contributed by atoms with Gasteiger partial charge in [0.05, 0.1) is 31.2 Å². The van der Waals surface area contributed by atoms with E-state index in [4.69, 9.17) is 14.2 Å². The van der Waals surface area contributed by atoms with E-state index in [1.54, 1.807) is 49.7 Å². The van der Waals surface area contributed by atoms with Gasteiger partial charge >= 0.3 is 5.97 Å². The molecule has 166 valence electrons. The summed E-state index contributed by atoms with van der Waals surface area (Å²) in [6.07, 6.45) is 4.11. The number of hydrogen-bond donors (Lipinski definition) is 1. The van der Waals surface area contributed by atoms with E-state index in [-0.39, 0.29) is 0 Å². The van der Waals surface area contributed by atoms with E-state index in [0.717, 1.165) is 22.3 Å². The molecule has 7 nitrogen and oxygen atoms in total. The summed E-state index contributed by atoms with van der Waals surface area (Å²) in [5, 5.41) is 2.64. The van der Waals surface area contributed by atoms with Crippen molar-refractivity contribution in [1.82, 2.24) is 0 Å². The number of benzene rings is 3. The summed E-state index contributed by atoms with van der Waals surface area (Å²) in [4.78, 5) is 27.7. The number of nitrogens with zero attached hydrogens (tertiary/aromatic N) is 1. The molecule has 0 aliphatic carbocycles. The van der Waals surface area contributed by atoms with Gasteiger partial charge in [-0.1, -0.05) is 24.3 Å². The van der Waals surface area contributed by atoms with Gasteiger partial charge in [-0.15, -0.1) is 0 Å². The van der Waals surface area contributed by atoms with Crippen LogP contribution < -0.4 is 14.8 Å². The van der Waals surface area contributed by atoms with Crippen LogP contribution in [0, 0.1) is 0 Å². The Morgan fingerprint density at radius 3 is 2.70 bits per heavy atom. The van der Waals surface area contributed by atoms with Gasteiger partial charge in [-0.2, -0.15) is 0 Å². The number of fused-ring (bicyclic) bond motifs is 2. The highest BCUT2D eigenvalue weighted by Crippen LogP contribution is 2.37. The second-order valence-corrected chi connectivity index (χ2v) is 7.15. The van der Waals surface area contributed by atoms with Gasteiger partial charge in [0.15, 0.2) is 0 Å². The zero-order valence-electron chi connectivity index (χ0n) is 18.2. The van der Waals surface area contributed by atoms with Crippen molar-refractivity contribution in [3.05, 3.63) is 89.0 Å². The van der Waals surface area contributed by atoms with Gasteiger partial charge in [0.1, 0.15) is 18.1 Å². The molecule has 4 rings (SSSR count). The lowest BCUT2D eigenvalue weighted by Crippen LogP contribution is -2.02. The third kappa shape index (κ3) is 4.62. The SMILES string of the molecule is COC(=O)c1ccc2c(c1)/C(=C/C=Nc1cc(OC)ccc1NC=O)c1ccccc1CO2. The number of ether oxygens (including phenoxy) is 3. The summed E-state index contributed by atoms with van der Waals surface area (Å²) in [5.74, 6) is 0.847. The summed E-state index contributed by atoms with van der Waals surface area (Å²) in [6, 6.07) is 18.3. The highest BCUT2D eigenvalue weighted by atomic mass is 16.5. The molecular weight excluding hydrogens is 420 g/mol. The lowest BCUT2D eigenvalue weighted by molar-refractivity contribution is -0.105. The number of carbonyl (C=O) groups excluding carboxylic acids is 2. The van der Waals surface area contributed by atoms with Crippen LogP contribution in [0.5, 0.6) is 11.5 Å². The lowest BCUT2D eigenvalue weighted by Gasteiger charge is -2.11. The van der Waals surface area contributed by atoms with E-state index in [1.807, 2.05) is 30.3 Å². The van der Waals surface area contributed by atoms with Crippen LogP contribution in [-0.2, 0) is 16.1 Å². The normalized spacial score (nSPS) is 13.5. The molecule has 0 atom stereocenters. The van der Waals surface area contributed by atoms with Crippen LogP contribution >= 0.6 is 0 Å². The number of anilines is 1. The van der Waals surface area contributed by atoms with Crippen LogP contribution in [0.4, 0.5) is 11.4 Å². The lowest BCUT2D eigenvalue weighted by atomic mass is 9.93. The number of esters is 1. The average molecular weight is 442 g/mol. The maximum absolute atomic E-state index is 12.1. The zero-order chi connectivity index (χ0) is 23.2. The van der Waals surface area contributed by atoms with Crippen LogP contribution in [0.3, 0.4) is 0 Å². The van der Waals surface area contributed by atoms with Crippen molar-refractivity contribution >= 4 is 35.5 Å². The number of hydrogen-bond acceptors (Lipinski definition) is 6. The number of methoxy groups -OCH3 is 2. The molecule has 0 saturated carbocycles. The molecule has 1 heterocycles. The van der Waals surface area contributed by atoms with E-state index >= 15 is 0 Å². The van der Waals surface area contributed by atoms with Crippen molar-refractivity contribution in [2.24, 2.45) is 4.99 Å². The second kappa shape index (κ2) is 9.82. The van der Waals surface area contributed by atoms with E-state index in [1.165, 1.54) is 7.11 Å². The van der Waals surface area contributed by atoms with E-state index in [9.17, 15) is 9.59 Å². The first-order valence-electron chi connectivity index (χ1n) is 10.2. The minimum atomic E-state index is -0.427. The molecule has 33 heavy (non-hydrogen) atoms. The van der Waals surface area contributed by atoms with Crippen molar-refractivity contribution in [2.75, 3.05) is 19.5 Å². The quantitative estimate of drug-likeness (QED) is 0.337. The molecular formula is C26H22N2O5. The number of amides is 1. The minimum absolute atomic E-state index is 0.401. The molecule has 1 amide bonds. The van der Waals surface area contributed by atoms with E-state index < -0.39 is 5.97 Å². The number of rotatable bonds is 6. The third-order valence-corrected chi connectivity index (χ3v) is 5.26. The molecule has 0 bridgehead atoms. The molecule has 1 N–H and O–H groups in total. The van der Waals surface area contributed by atoms with Crippen molar-refractivity contribution in [3.8, 4) is 11.5 Å². The molecule has 0 saturated heterocycles. The first-order valence-corrected chi connectivity index (χ1v) is 10.2. The first kappa shape index (κ1) is 21.8. The van der Waals surface area contributed by atoms with Gasteiger partial charge in [-0.25, -0.2) is 4.79 Å². The number of nitrogens with one attached hydrogen (secondary N) is 1. The average Bonchev–Trinajstić information content (AvgIpc) is 3.01. The van der Waals surface area contributed by atoms with Crippen molar-refractivity contribution in [2.45, 2.75) is 6.61 Å². The Balaban J connectivity index is 1.83. The van der Waals surface area contributed by atoms with Crippen LogP contribution in [0.1, 0.15) is 27.0 Å². The fourth-order valence-electron chi connectivity index (χ4n) is 3.62. The van der Waals surface area contributed by atoms with Gasteiger partial charge in [0, 0.05) is 17.8 Å². The maximum atomic E-state index is 12.1. The second-order valence-electron chi connectivity index (χ2n) is 7.15. The van der Waals surface area contributed by atoms with Crippen molar-refractivity contribution < 1.29 is 23.8 Å². The summed E-state index contributed by atoms with van der Waals surface area (Å²) in [7, 11) is 2.91. The first-order chi connectivity index (χ1) is 16.1. The Labute approximate surface area is 191 Å². The Morgan fingerprint density at radius 2 is 1.91 bits per heavy atom. The summed E-state index contributed by atoms with van der Waals surface area (Å²) < 4.78 is 16.2. The predicted octanol–water partition coefficient (Wildman–Crippen LogP) is 4.78. The van der Waals surface area contributed by atoms with Gasteiger partial charge in [0.2, 0.25) is 6.41 Å². The summed E-state index contributed by atoms with van der Waals surface area (Å²) in [6.45, 7) is 0.401. The number of carbonyl (C=O) groups is 2. The molecule has 0 radical (unpaired) electrons. The van der Waals surface area contributed by atoms with Crippen molar-refractivity contribution in [1.29, 1.82) is 0 Å². The molecule has 3 aromatic carbocycles. The molecule has 0 unspecified atom stereocenters. The molecule has 7 heteroatoms. The summed E-state index contributed by atoms with van der Waals surface area (Å²) in [5.41, 5.74) is 5.11. The molecule has 1 aliphatic rings. The van der Waals surface area contributed by atoms with Crippen LogP contribution in [0.15, 0.2) is 71.7 Å². The Morgan fingerprint density at radius 1 is 1.06 bits per heavy atom. The molecule has 0 spiro atoms. The molecule has 1 aliphatic heterocycles. The summed E-state index contributed by atoms with van der Waals surface area (Å²) >= 11 is 0. The van der Waals surface area contributed by atoms with E-state index in [0.29, 0.717) is 41.5 Å². The fourth-order valence-corrected chi connectivity index (χ4v) is 3.62. The Hall–Kier alpha value is -4.39. The minimum Gasteiger partial charge on any atom is -0.497 e. The largest absolute Gasteiger partial charge is 0.497 e. The topological polar surface area (TPSA) is 86.2 Å². The Kier molecular flexibility index (Phi) is 6.50. The highest BCUT2D eigenvalue weighted by Gasteiger charge is 2.20. The molecule has 0 aromatic heterocycles. The van der Waals surface area contributed by atoms with Crippen LogP contribution in [0.25, 0.3) is 5.57 Å². The molecule has 0 fully saturated rings. The fraction of sp³-hybridized carbons (Fsp3) is 0.115. The van der Waals surface area contributed by atoms with Crippen molar-refractivity contribution in [3.63, 3.8) is 0 Å².